The summed E-state index contributed by atoms with van der Waals surface area (Å²) in [6, 6.07) is 5.54. The molecule has 122 valence electrons. The lowest BCUT2D eigenvalue weighted by Crippen LogP contribution is -2.57. The van der Waals surface area contributed by atoms with Gasteiger partial charge in [0, 0.05) is 18.7 Å². The average Bonchev–Trinajstić information content (AvgIpc) is 2.55. The van der Waals surface area contributed by atoms with E-state index in [1.807, 2.05) is 0 Å². The van der Waals surface area contributed by atoms with Gasteiger partial charge in [-0.1, -0.05) is 0 Å². The second-order valence-corrected chi connectivity index (χ2v) is 5.78. The quantitative estimate of drug-likeness (QED) is 0.919. The van der Waals surface area contributed by atoms with Gasteiger partial charge in [-0.05, 0) is 44.0 Å². The minimum Gasteiger partial charge on any atom is -0.497 e. The molecule has 3 aliphatic rings. The zero-order chi connectivity index (χ0) is 14.8. The van der Waals surface area contributed by atoms with Crippen molar-refractivity contribution in [2.24, 2.45) is 5.92 Å². The number of amides is 1. The summed E-state index contributed by atoms with van der Waals surface area (Å²) in [4.78, 5) is 14.9. The predicted octanol–water partition coefficient (Wildman–Crippen LogP) is 1.95. The molecule has 5 nitrogen and oxygen atoms in total. The number of hydrogen-bond donors (Lipinski definition) is 1. The van der Waals surface area contributed by atoms with Gasteiger partial charge < -0.3 is 19.7 Å². The molecule has 0 aromatic heterocycles. The highest BCUT2D eigenvalue weighted by Crippen LogP contribution is 2.29. The summed E-state index contributed by atoms with van der Waals surface area (Å²) in [6.45, 7) is 3.31. The van der Waals surface area contributed by atoms with Crippen LogP contribution in [0.5, 0.6) is 11.5 Å². The van der Waals surface area contributed by atoms with Crippen LogP contribution in [0.1, 0.15) is 23.2 Å². The predicted molar refractivity (Wildman–Crippen MR) is 87.2 cm³/mol. The van der Waals surface area contributed by atoms with Crippen molar-refractivity contribution < 1.29 is 14.3 Å². The van der Waals surface area contributed by atoms with E-state index in [0.29, 0.717) is 23.0 Å². The van der Waals surface area contributed by atoms with Gasteiger partial charge in [-0.2, -0.15) is 0 Å². The van der Waals surface area contributed by atoms with Crippen LogP contribution in [0.3, 0.4) is 0 Å². The molecule has 6 heteroatoms. The van der Waals surface area contributed by atoms with E-state index in [-0.39, 0.29) is 24.4 Å². The number of nitrogens with one attached hydrogen (secondary N) is 1. The molecule has 0 radical (unpaired) electrons. The van der Waals surface area contributed by atoms with Gasteiger partial charge in [-0.3, -0.25) is 4.79 Å². The molecule has 1 amide bonds. The topological polar surface area (TPSA) is 50.8 Å². The summed E-state index contributed by atoms with van der Waals surface area (Å²) in [5, 5.41) is 3.18. The molecule has 0 spiro atoms. The number of carbonyl (C=O) groups is 1. The molecule has 2 bridgehead atoms. The zero-order valence-corrected chi connectivity index (χ0v) is 13.8. The van der Waals surface area contributed by atoms with E-state index in [1.54, 1.807) is 32.4 Å². The monoisotopic (exact) mass is 326 g/mol. The first-order valence-electron chi connectivity index (χ1n) is 7.46. The van der Waals surface area contributed by atoms with Crippen LogP contribution in [0.15, 0.2) is 18.2 Å². The molecular formula is C16H23ClN2O3. The van der Waals surface area contributed by atoms with Crippen LogP contribution in [0, 0.1) is 5.92 Å². The molecule has 0 unspecified atom stereocenters. The number of carbonyl (C=O) groups excluding carboxylic acids is 1. The van der Waals surface area contributed by atoms with E-state index in [4.69, 9.17) is 9.47 Å². The first kappa shape index (κ1) is 16.9. The molecule has 3 aliphatic heterocycles. The lowest BCUT2D eigenvalue weighted by molar-refractivity contribution is 0.0619. The molecule has 3 fully saturated rings. The maximum absolute atomic E-state index is 12.5. The fourth-order valence-electron chi connectivity index (χ4n) is 3.36. The Morgan fingerprint density at radius 1 is 1.23 bits per heavy atom. The number of piperidine rings is 3. The number of methoxy groups -OCH3 is 2. The van der Waals surface area contributed by atoms with Gasteiger partial charge in [-0.25, -0.2) is 0 Å². The summed E-state index contributed by atoms with van der Waals surface area (Å²) >= 11 is 0. The summed E-state index contributed by atoms with van der Waals surface area (Å²) in [7, 11) is 3.17. The summed E-state index contributed by atoms with van der Waals surface area (Å²) in [6.07, 6.45) is 2.37. The number of ether oxygens (including phenoxy) is 2. The number of fused-ring (bicyclic) bond motifs is 3. The van der Waals surface area contributed by atoms with Crippen molar-refractivity contribution in [1.82, 2.24) is 10.2 Å². The van der Waals surface area contributed by atoms with Crippen LogP contribution in [-0.2, 0) is 0 Å². The van der Waals surface area contributed by atoms with Gasteiger partial charge in [-0.15, -0.1) is 12.4 Å². The maximum atomic E-state index is 12.5. The van der Waals surface area contributed by atoms with E-state index in [2.05, 4.69) is 10.2 Å². The zero-order valence-electron chi connectivity index (χ0n) is 13.0. The third-order valence-electron chi connectivity index (χ3n) is 4.63. The van der Waals surface area contributed by atoms with E-state index in [0.717, 1.165) is 6.54 Å². The first-order valence-corrected chi connectivity index (χ1v) is 7.46. The van der Waals surface area contributed by atoms with E-state index in [1.165, 1.54) is 25.9 Å². The lowest BCUT2D eigenvalue weighted by atomic mass is 9.84. The van der Waals surface area contributed by atoms with E-state index in [9.17, 15) is 4.79 Å². The highest BCUT2D eigenvalue weighted by molar-refractivity contribution is 5.97. The SMILES string of the molecule is COc1ccc(C(=O)N[C@H]2CN3CCC2CC3)c(OC)c1.Cl. The summed E-state index contributed by atoms with van der Waals surface area (Å²) in [5.41, 5.74) is 0.565. The second-order valence-electron chi connectivity index (χ2n) is 5.78. The van der Waals surface area contributed by atoms with Crippen LogP contribution in [0.25, 0.3) is 0 Å². The Morgan fingerprint density at radius 2 is 1.95 bits per heavy atom. The average molecular weight is 327 g/mol. The minimum atomic E-state index is -0.0618. The molecule has 1 aromatic rings. The molecule has 1 N–H and O–H groups in total. The summed E-state index contributed by atoms with van der Waals surface area (Å²) in [5.74, 6) is 1.79. The molecule has 3 saturated heterocycles. The fourth-order valence-corrected chi connectivity index (χ4v) is 3.36. The normalized spacial score (nSPS) is 26.0. The Balaban J connectivity index is 0.00000176. The summed E-state index contributed by atoms with van der Waals surface area (Å²) < 4.78 is 10.5. The van der Waals surface area contributed by atoms with Crippen molar-refractivity contribution in [3.8, 4) is 11.5 Å². The van der Waals surface area contributed by atoms with Gasteiger partial charge >= 0.3 is 0 Å². The molecule has 1 atom stereocenters. The Labute approximate surface area is 137 Å². The highest BCUT2D eigenvalue weighted by Gasteiger charge is 2.35. The van der Waals surface area contributed by atoms with Crippen molar-refractivity contribution in [2.75, 3.05) is 33.9 Å². The number of rotatable bonds is 4. The Bertz CT molecular complexity index is 530. The van der Waals surface area contributed by atoms with Gasteiger partial charge in [0.1, 0.15) is 11.5 Å². The van der Waals surface area contributed by atoms with Gasteiger partial charge in [0.05, 0.1) is 19.8 Å². The fraction of sp³-hybridized carbons (Fsp3) is 0.562. The van der Waals surface area contributed by atoms with Gasteiger partial charge in [0.2, 0.25) is 0 Å². The van der Waals surface area contributed by atoms with Crippen LogP contribution in [0.4, 0.5) is 0 Å². The molecular weight excluding hydrogens is 304 g/mol. The van der Waals surface area contributed by atoms with Gasteiger partial charge in [0.25, 0.3) is 5.91 Å². The Kier molecular flexibility index (Phi) is 5.53. The molecule has 22 heavy (non-hydrogen) atoms. The third-order valence-corrected chi connectivity index (χ3v) is 4.63. The number of hydrogen-bond acceptors (Lipinski definition) is 4. The van der Waals surface area contributed by atoms with Crippen molar-refractivity contribution in [3.63, 3.8) is 0 Å². The van der Waals surface area contributed by atoms with Crippen molar-refractivity contribution in [3.05, 3.63) is 23.8 Å². The Morgan fingerprint density at radius 3 is 2.50 bits per heavy atom. The largest absolute Gasteiger partial charge is 0.497 e. The van der Waals surface area contributed by atoms with Crippen LogP contribution in [-0.4, -0.2) is 50.7 Å². The van der Waals surface area contributed by atoms with Gasteiger partial charge in [0.15, 0.2) is 0 Å². The van der Waals surface area contributed by atoms with Crippen molar-refractivity contribution >= 4 is 18.3 Å². The van der Waals surface area contributed by atoms with Crippen LogP contribution in [0.2, 0.25) is 0 Å². The molecule has 4 rings (SSSR count). The third kappa shape index (κ3) is 3.31. The standard InChI is InChI=1S/C16H22N2O3.ClH/c1-20-12-3-4-13(15(9-12)21-2)16(19)17-14-10-18-7-5-11(14)6-8-18;/h3-4,9,11,14H,5-8,10H2,1-2H3,(H,17,19);1H/t14-;/m0./s1. The van der Waals surface area contributed by atoms with Crippen LogP contribution < -0.4 is 14.8 Å². The van der Waals surface area contributed by atoms with E-state index < -0.39 is 0 Å². The lowest BCUT2D eigenvalue weighted by Gasteiger charge is -2.44. The first-order chi connectivity index (χ1) is 10.2. The highest BCUT2D eigenvalue weighted by atomic mass is 35.5. The van der Waals surface area contributed by atoms with Crippen molar-refractivity contribution in [1.29, 1.82) is 0 Å². The molecule has 0 aliphatic carbocycles. The second kappa shape index (κ2) is 7.20. The number of nitrogens with zero attached hydrogens (tertiary/aromatic N) is 1. The van der Waals surface area contributed by atoms with E-state index >= 15 is 0 Å². The Hall–Kier alpha value is -1.46. The molecule has 1 aromatic carbocycles. The maximum Gasteiger partial charge on any atom is 0.255 e. The minimum absolute atomic E-state index is 0. The van der Waals surface area contributed by atoms with Crippen LogP contribution >= 0.6 is 12.4 Å². The number of halogens is 1. The molecule has 0 saturated carbocycles. The number of benzene rings is 1. The smallest absolute Gasteiger partial charge is 0.255 e. The van der Waals surface area contributed by atoms with Crippen molar-refractivity contribution in [2.45, 2.75) is 18.9 Å². The molecule has 3 heterocycles.